The standard InChI is InChI=1S/C20H25NO3/c1-14-8-10-18(11-9-14)24-17(4)20(22)21-12-13-23-19-7-5-6-15(2)16(19)3/h5-11,17H,12-13H2,1-4H3,(H,21,22). The lowest BCUT2D eigenvalue weighted by Gasteiger charge is -2.15. The van der Waals surface area contributed by atoms with E-state index in [1.165, 1.54) is 5.56 Å². The Morgan fingerprint density at radius 1 is 1.08 bits per heavy atom. The van der Waals surface area contributed by atoms with Crippen molar-refractivity contribution < 1.29 is 14.3 Å². The molecule has 2 rings (SSSR count). The van der Waals surface area contributed by atoms with Gasteiger partial charge >= 0.3 is 0 Å². The van der Waals surface area contributed by atoms with E-state index in [0.29, 0.717) is 18.9 Å². The molecule has 0 aromatic heterocycles. The molecule has 0 radical (unpaired) electrons. The van der Waals surface area contributed by atoms with Gasteiger partial charge in [-0.05, 0) is 57.0 Å². The van der Waals surface area contributed by atoms with Gasteiger partial charge in [0.25, 0.3) is 5.91 Å². The highest BCUT2D eigenvalue weighted by Gasteiger charge is 2.14. The minimum atomic E-state index is -0.548. The van der Waals surface area contributed by atoms with Gasteiger partial charge in [-0.3, -0.25) is 4.79 Å². The van der Waals surface area contributed by atoms with Gasteiger partial charge < -0.3 is 14.8 Å². The van der Waals surface area contributed by atoms with E-state index in [0.717, 1.165) is 16.9 Å². The van der Waals surface area contributed by atoms with Gasteiger partial charge in [-0.1, -0.05) is 29.8 Å². The van der Waals surface area contributed by atoms with Crippen LogP contribution in [0.2, 0.25) is 0 Å². The van der Waals surface area contributed by atoms with E-state index >= 15 is 0 Å². The van der Waals surface area contributed by atoms with Crippen molar-refractivity contribution in [1.29, 1.82) is 0 Å². The highest BCUT2D eigenvalue weighted by Crippen LogP contribution is 2.20. The number of benzene rings is 2. The first-order chi connectivity index (χ1) is 11.5. The number of nitrogens with one attached hydrogen (secondary N) is 1. The maximum atomic E-state index is 12.1. The molecule has 128 valence electrons. The van der Waals surface area contributed by atoms with Crippen LogP contribution in [0.5, 0.6) is 11.5 Å². The van der Waals surface area contributed by atoms with E-state index in [1.54, 1.807) is 6.92 Å². The van der Waals surface area contributed by atoms with Crippen molar-refractivity contribution >= 4 is 5.91 Å². The van der Waals surface area contributed by atoms with E-state index in [9.17, 15) is 4.79 Å². The van der Waals surface area contributed by atoms with Crippen LogP contribution in [0.15, 0.2) is 42.5 Å². The molecule has 0 saturated heterocycles. The summed E-state index contributed by atoms with van der Waals surface area (Å²) in [6.45, 7) is 8.69. The Bertz CT molecular complexity index is 680. The molecule has 4 nitrogen and oxygen atoms in total. The predicted molar refractivity (Wildman–Crippen MR) is 95.7 cm³/mol. The highest BCUT2D eigenvalue weighted by atomic mass is 16.5. The number of hydrogen-bond acceptors (Lipinski definition) is 3. The van der Waals surface area contributed by atoms with Crippen molar-refractivity contribution in [1.82, 2.24) is 5.32 Å². The van der Waals surface area contributed by atoms with Gasteiger partial charge in [0.1, 0.15) is 18.1 Å². The van der Waals surface area contributed by atoms with Crippen LogP contribution in [-0.2, 0) is 4.79 Å². The van der Waals surface area contributed by atoms with Crippen LogP contribution >= 0.6 is 0 Å². The Morgan fingerprint density at radius 3 is 2.50 bits per heavy atom. The van der Waals surface area contributed by atoms with Gasteiger partial charge in [0.05, 0.1) is 6.54 Å². The molecule has 1 N–H and O–H groups in total. The molecular formula is C20H25NO3. The first-order valence-electron chi connectivity index (χ1n) is 8.17. The van der Waals surface area contributed by atoms with E-state index in [2.05, 4.69) is 5.32 Å². The molecule has 2 aromatic carbocycles. The molecular weight excluding hydrogens is 302 g/mol. The van der Waals surface area contributed by atoms with Crippen molar-refractivity contribution in [2.24, 2.45) is 0 Å². The summed E-state index contributed by atoms with van der Waals surface area (Å²) in [5, 5.41) is 2.83. The summed E-state index contributed by atoms with van der Waals surface area (Å²) >= 11 is 0. The summed E-state index contributed by atoms with van der Waals surface area (Å²) in [5.74, 6) is 1.39. The van der Waals surface area contributed by atoms with Crippen LogP contribution in [0.3, 0.4) is 0 Å². The fourth-order valence-corrected chi connectivity index (χ4v) is 2.23. The van der Waals surface area contributed by atoms with E-state index in [4.69, 9.17) is 9.47 Å². The average Bonchev–Trinajstić information content (AvgIpc) is 2.57. The minimum Gasteiger partial charge on any atom is -0.491 e. The number of hydrogen-bond donors (Lipinski definition) is 1. The number of rotatable bonds is 7. The minimum absolute atomic E-state index is 0.153. The van der Waals surface area contributed by atoms with Crippen LogP contribution in [0.4, 0.5) is 0 Å². The monoisotopic (exact) mass is 327 g/mol. The zero-order valence-corrected chi connectivity index (χ0v) is 14.8. The summed E-state index contributed by atoms with van der Waals surface area (Å²) in [6.07, 6.45) is -0.548. The molecule has 0 aliphatic rings. The second kappa shape index (κ2) is 8.39. The van der Waals surface area contributed by atoms with Crippen LogP contribution in [0.1, 0.15) is 23.6 Å². The van der Waals surface area contributed by atoms with Gasteiger partial charge in [0, 0.05) is 0 Å². The molecule has 0 aliphatic carbocycles. The molecule has 24 heavy (non-hydrogen) atoms. The first-order valence-corrected chi connectivity index (χ1v) is 8.17. The van der Waals surface area contributed by atoms with Gasteiger partial charge in [0.2, 0.25) is 0 Å². The van der Waals surface area contributed by atoms with Crippen LogP contribution in [0.25, 0.3) is 0 Å². The van der Waals surface area contributed by atoms with Crippen LogP contribution < -0.4 is 14.8 Å². The smallest absolute Gasteiger partial charge is 0.260 e. The number of carbonyl (C=O) groups excluding carboxylic acids is 1. The average molecular weight is 327 g/mol. The Kier molecular flexibility index (Phi) is 6.24. The summed E-state index contributed by atoms with van der Waals surface area (Å²) < 4.78 is 11.4. The van der Waals surface area contributed by atoms with Crippen LogP contribution in [0, 0.1) is 20.8 Å². The lowest BCUT2D eigenvalue weighted by atomic mass is 10.1. The Morgan fingerprint density at radius 2 is 1.79 bits per heavy atom. The summed E-state index contributed by atoms with van der Waals surface area (Å²) in [7, 11) is 0. The SMILES string of the molecule is Cc1ccc(OC(C)C(=O)NCCOc2cccc(C)c2C)cc1. The molecule has 1 unspecified atom stereocenters. The third-order valence-electron chi connectivity index (χ3n) is 3.92. The van der Waals surface area contributed by atoms with E-state index in [-0.39, 0.29) is 5.91 Å². The van der Waals surface area contributed by atoms with Gasteiger partial charge in [-0.25, -0.2) is 0 Å². The molecule has 2 aromatic rings. The fourth-order valence-electron chi connectivity index (χ4n) is 2.23. The quantitative estimate of drug-likeness (QED) is 0.791. The molecule has 1 amide bonds. The predicted octanol–water partition coefficient (Wildman–Crippen LogP) is 3.57. The second-order valence-electron chi connectivity index (χ2n) is 5.91. The van der Waals surface area contributed by atoms with E-state index in [1.807, 2.05) is 63.2 Å². The van der Waals surface area contributed by atoms with E-state index < -0.39 is 6.10 Å². The third kappa shape index (κ3) is 5.01. The summed E-state index contributed by atoms with van der Waals surface area (Å²) in [6, 6.07) is 13.6. The number of ether oxygens (including phenoxy) is 2. The van der Waals surface area contributed by atoms with Crippen molar-refractivity contribution in [2.75, 3.05) is 13.2 Å². The Balaban J connectivity index is 1.74. The lowest BCUT2D eigenvalue weighted by Crippen LogP contribution is -2.38. The number of carbonyl (C=O) groups is 1. The van der Waals surface area contributed by atoms with Crippen molar-refractivity contribution in [3.63, 3.8) is 0 Å². The first kappa shape index (κ1) is 17.9. The molecule has 0 saturated carbocycles. The van der Waals surface area contributed by atoms with Crippen molar-refractivity contribution in [3.8, 4) is 11.5 Å². The maximum absolute atomic E-state index is 12.1. The zero-order valence-electron chi connectivity index (χ0n) is 14.8. The highest BCUT2D eigenvalue weighted by molar-refractivity contribution is 5.80. The van der Waals surface area contributed by atoms with Gasteiger partial charge in [-0.2, -0.15) is 0 Å². The van der Waals surface area contributed by atoms with Crippen molar-refractivity contribution in [3.05, 3.63) is 59.2 Å². The third-order valence-corrected chi connectivity index (χ3v) is 3.92. The largest absolute Gasteiger partial charge is 0.491 e. The Labute approximate surface area is 143 Å². The maximum Gasteiger partial charge on any atom is 0.260 e. The van der Waals surface area contributed by atoms with Gasteiger partial charge in [-0.15, -0.1) is 0 Å². The zero-order chi connectivity index (χ0) is 17.5. The molecule has 0 fully saturated rings. The Hall–Kier alpha value is -2.49. The normalized spacial score (nSPS) is 11.7. The fraction of sp³-hybridized carbons (Fsp3) is 0.350. The number of aryl methyl sites for hydroxylation is 2. The lowest BCUT2D eigenvalue weighted by molar-refractivity contribution is -0.127. The molecule has 0 aliphatic heterocycles. The molecule has 4 heteroatoms. The summed E-state index contributed by atoms with van der Waals surface area (Å²) in [5.41, 5.74) is 3.47. The summed E-state index contributed by atoms with van der Waals surface area (Å²) in [4.78, 5) is 12.1. The van der Waals surface area contributed by atoms with Crippen LogP contribution in [-0.4, -0.2) is 25.2 Å². The second-order valence-corrected chi connectivity index (χ2v) is 5.91. The molecule has 1 atom stereocenters. The van der Waals surface area contributed by atoms with Gasteiger partial charge in [0.15, 0.2) is 6.10 Å². The topological polar surface area (TPSA) is 47.6 Å². The molecule has 0 spiro atoms. The molecule has 0 bridgehead atoms. The molecule has 0 heterocycles. The van der Waals surface area contributed by atoms with Crippen molar-refractivity contribution in [2.45, 2.75) is 33.8 Å². The number of amides is 1.